The summed E-state index contributed by atoms with van der Waals surface area (Å²) < 4.78 is 31.4. The third-order valence-corrected chi connectivity index (χ3v) is 2.93. The molecule has 0 radical (unpaired) electrons. The normalized spacial score (nSPS) is 10.0. The molecule has 0 aliphatic carbocycles. The van der Waals surface area contributed by atoms with Gasteiger partial charge in [-0.15, -0.1) is 0 Å². The van der Waals surface area contributed by atoms with E-state index in [1.165, 1.54) is 13.0 Å². The van der Waals surface area contributed by atoms with Crippen molar-refractivity contribution in [2.24, 2.45) is 5.11 Å². The van der Waals surface area contributed by atoms with E-state index < -0.39 is 20.8 Å². The molecule has 0 saturated heterocycles. The van der Waals surface area contributed by atoms with E-state index in [0.717, 1.165) is 12.1 Å². The quantitative estimate of drug-likeness (QED) is 0.156. The van der Waals surface area contributed by atoms with Gasteiger partial charge in [0.15, 0.2) is 5.78 Å². The first-order valence-corrected chi connectivity index (χ1v) is 6.08. The summed E-state index contributed by atoms with van der Waals surface area (Å²) in [5, 5.41) is 3.20. The molecule has 0 unspecified atom stereocenters. The number of hydrogen-bond donors (Lipinski definition) is 1. The zero-order valence-corrected chi connectivity index (χ0v) is 13.2. The van der Waals surface area contributed by atoms with E-state index in [9.17, 15) is 13.2 Å². The van der Waals surface area contributed by atoms with Crippen molar-refractivity contribution in [1.29, 1.82) is 0 Å². The Morgan fingerprint density at radius 3 is 2.53 bits per heavy atom. The van der Waals surface area contributed by atoms with Crippen LogP contribution in [0.4, 0.5) is 5.69 Å². The van der Waals surface area contributed by atoms with E-state index in [1.807, 2.05) is 0 Å². The number of benzene rings is 1. The molecule has 0 heterocycles. The standard InChI is InChI=1S/C10H9N3O4S.Na.H/c1-6(2)10(14)8-4-3-7(12-13-11)5-9(8)18(15,16)17;;/h3-5H,1H2,2H3,(H,15,16,17);;/q;+1;-1. The summed E-state index contributed by atoms with van der Waals surface area (Å²) >= 11 is 0. The van der Waals surface area contributed by atoms with Gasteiger partial charge in [-0.3, -0.25) is 9.35 Å². The van der Waals surface area contributed by atoms with Crippen molar-refractivity contribution >= 4 is 21.6 Å². The van der Waals surface area contributed by atoms with Crippen LogP contribution in [0.1, 0.15) is 18.7 Å². The Bertz CT molecular complexity index is 684. The van der Waals surface area contributed by atoms with E-state index >= 15 is 0 Å². The van der Waals surface area contributed by atoms with Gasteiger partial charge < -0.3 is 1.43 Å². The number of ketones is 1. The second kappa shape index (κ2) is 6.85. The van der Waals surface area contributed by atoms with Crippen molar-refractivity contribution < 1.29 is 48.7 Å². The predicted molar refractivity (Wildman–Crippen MR) is 65.3 cm³/mol. The van der Waals surface area contributed by atoms with Crippen LogP contribution >= 0.6 is 0 Å². The van der Waals surface area contributed by atoms with Crippen molar-refractivity contribution in [1.82, 2.24) is 0 Å². The Balaban J connectivity index is 0. The average molecular weight is 291 g/mol. The predicted octanol–water partition coefficient (Wildman–Crippen LogP) is -0.250. The molecule has 1 N–H and O–H groups in total. The maximum Gasteiger partial charge on any atom is 1.00 e. The number of hydrogen-bond acceptors (Lipinski definition) is 4. The Labute approximate surface area is 133 Å². The van der Waals surface area contributed by atoms with Crippen molar-refractivity contribution in [3.63, 3.8) is 0 Å². The van der Waals surface area contributed by atoms with Gasteiger partial charge in [0.05, 0.1) is 0 Å². The Kier molecular flexibility index (Phi) is 6.44. The maximum atomic E-state index is 11.7. The number of carbonyl (C=O) groups is 1. The minimum Gasteiger partial charge on any atom is -1.00 e. The van der Waals surface area contributed by atoms with Crippen LogP contribution in [0.25, 0.3) is 10.4 Å². The minimum absolute atomic E-state index is 0. The molecule has 1 rings (SSSR count). The topological polar surface area (TPSA) is 120 Å². The number of azide groups is 1. The summed E-state index contributed by atoms with van der Waals surface area (Å²) in [6, 6.07) is 3.35. The fraction of sp³-hybridized carbons (Fsp3) is 0.100. The number of allylic oxidation sites excluding steroid dienone is 1. The van der Waals surface area contributed by atoms with Gasteiger partial charge in [-0.05, 0) is 30.2 Å². The third-order valence-electron chi connectivity index (χ3n) is 2.04. The van der Waals surface area contributed by atoms with Crippen LogP contribution in [0, 0.1) is 0 Å². The number of rotatable bonds is 4. The molecule has 0 aromatic heterocycles. The van der Waals surface area contributed by atoms with Crippen molar-refractivity contribution in [2.45, 2.75) is 11.8 Å². The molecular weight excluding hydrogens is 281 g/mol. The van der Waals surface area contributed by atoms with E-state index in [0.29, 0.717) is 0 Å². The molecule has 1 aromatic rings. The van der Waals surface area contributed by atoms with E-state index in [1.54, 1.807) is 0 Å². The maximum absolute atomic E-state index is 11.7. The fourth-order valence-electron chi connectivity index (χ4n) is 1.26. The molecule has 7 nitrogen and oxygen atoms in total. The van der Waals surface area contributed by atoms with Gasteiger partial charge in [-0.1, -0.05) is 17.8 Å². The first-order valence-electron chi connectivity index (χ1n) is 4.64. The molecule has 1 aromatic carbocycles. The molecule has 0 aliphatic heterocycles. The van der Waals surface area contributed by atoms with E-state index in [4.69, 9.17) is 10.1 Å². The second-order valence-corrected chi connectivity index (χ2v) is 4.84. The number of carbonyl (C=O) groups excluding carboxylic acids is 1. The van der Waals surface area contributed by atoms with E-state index in [2.05, 4.69) is 16.6 Å². The molecule has 0 fully saturated rings. The van der Waals surface area contributed by atoms with Gasteiger partial charge in [-0.2, -0.15) is 8.42 Å². The molecule has 0 amide bonds. The van der Waals surface area contributed by atoms with Gasteiger partial charge in [0, 0.05) is 16.2 Å². The van der Waals surface area contributed by atoms with Gasteiger partial charge in [0.25, 0.3) is 10.1 Å². The molecule has 19 heavy (non-hydrogen) atoms. The Morgan fingerprint density at radius 1 is 1.53 bits per heavy atom. The third kappa shape index (κ3) is 4.46. The summed E-state index contributed by atoms with van der Waals surface area (Å²) in [5.41, 5.74) is 8.12. The SMILES string of the molecule is C=C(C)C(=O)c1ccc(N=[N+]=[N-])cc1S(=O)(=O)O.[H-].[Na+]. The van der Waals surface area contributed by atoms with Crippen LogP contribution in [-0.4, -0.2) is 18.8 Å². The zero-order chi connectivity index (χ0) is 13.9. The molecule has 9 heteroatoms. The molecule has 0 aliphatic rings. The largest absolute Gasteiger partial charge is 1.00 e. The fourth-order valence-corrected chi connectivity index (χ4v) is 1.96. The van der Waals surface area contributed by atoms with Crippen LogP contribution in [0.3, 0.4) is 0 Å². The van der Waals surface area contributed by atoms with Gasteiger partial charge >= 0.3 is 29.6 Å². The van der Waals surface area contributed by atoms with Crippen LogP contribution < -0.4 is 29.6 Å². The molecule has 0 spiro atoms. The molecule has 0 saturated carbocycles. The summed E-state index contributed by atoms with van der Waals surface area (Å²) in [6.45, 7) is 4.82. The number of Topliss-reactive ketones (excluding diaryl/α,β-unsaturated/α-hetero) is 1. The van der Waals surface area contributed by atoms with Crippen LogP contribution in [0.5, 0.6) is 0 Å². The average Bonchev–Trinajstić information content (AvgIpc) is 2.27. The molecular formula is C10H10N3NaO4S. The minimum atomic E-state index is -4.60. The molecule has 0 atom stereocenters. The summed E-state index contributed by atoms with van der Waals surface area (Å²) in [7, 11) is -4.60. The van der Waals surface area contributed by atoms with Crippen molar-refractivity contribution in [3.8, 4) is 0 Å². The second-order valence-electron chi connectivity index (χ2n) is 3.45. The Morgan fingerprint density at radius 2 is 2.11 bits per heavy atom. The summed E-state index contributed by atoms with van der Waals surface area (Å²) in [5.74, 6) is -0.616. The first kappa shape index (κ1) is 17.8. The van der Waals surface area contributed by atoms with Gasteiger partial charge in [-0.25, -0.2) is 0 Å². The van der Waals surface area contributed by atoms with E-state index in [-0.39, 0.29) is 47.8 Å². The molecule has 96 valence electrons. The first-order chi connectivity index (χ1) is 8.27. The van der Waals surface area contributed by atoms with Crippen molar-refractivity contribution in [3.05, 3.63) is 46.4 Å². The van der Waals surface area contributed by atoms with Gasteiger partial charge in [0.2, 0.25) is 0 Å². The van der Waals surface area contributed by atoms with Crippen LogP contribution in [0.2, 0.25) is 0 Å². The monoisotopic (exact) mass is 291 g/mol. The summed E-state index contributed by atoms with van der Waals surface area (Å²) in [4.78, 5) is 13.6. The van der Waals surface area contributed by atoms with Crippen LogP contribution in [0.15, 0.2) is 40.4 Å². The number of nitrogens with zero attached hydrogens (tertiary/aromatic N) is 3. The van der Waals surface area contributed by atoms with Crippen molar-refractivity contribution in [2.75, 3.05) is 0 Å². The molecule has 0 bridgehead atoms. The summed E-state index contributed by atoms with van der Waals surface area (Å²) in [6.07, 6.45) is 0. The Hall–Kier alpha value is -1.15. The zero-order valence-electron chi connectivity index (χ0n) is 11.4. The van der Waals surface area contributed by atoms with Gasteiger partial charge in [0.1, 0.15) is 4.90 Å². The smallest absolute Gasteiger partial charge is 1.00 e. The van der Waals surface area contributed by atoms with Crippen LogP contribution in [-0.2, 0) is 10.1 Å².